The summed E-state index contributed by atoms with van der Waals surface area (Å²) in [5.74, 6) is 0. The minimum atomic E-state index is 0.744. The van der Waals surface area contributed by atoms with Gasteiger partial charge in [0.2, 0.25) is 0 Å². The highest BCUT2D eigenvalue weighted by molar-refractivity contribution is 7.98. The topological polar surface area (TPSA) is 23.8 Å². The zero-order chi connectivity index (χ0) is 10.1. The van der Waals surface area contributed by atoms with E-state index < -0.39 is 0 Å². The first kappa shape index (κ1) is 9.91. The minimum absolute atomic E-state index is 0.744. The van der Waals surface area contributed by atoms with Gasteiger partial charge in [-0.05, 0) is 29.8 Å². The number of thiophene rings is 1. The van der Waals surface area contributed by atoms with E-state index in [0.717, 1.165) is 19.9 Å². The summed E-state index contributed by atoms with van der Waals surface area (Å²) < 4.78 is 1.10. The number of hydrogen-bond donors (Lipinski definition) is 1. The van der Waals surface area contributed by atoms with E-state index in [1.54, 1.807) is 11.8 Å². The molecule has 14 heavy (non-hydrogen) atoms. The lowest BCUT2D eigenvalue weighted by atomic mass is 10.2. The van der Waals surface area contributed by atoms with Crippen LogP contribution in [0.15, 0.2) is 28.0 Å². The van der Waals surface area contributed by atoms with Crippen LogP contribution in [0.2, 0.25) is 0 Å². The highest BCUT2D eigenvalue weighted by atomic mass is 32.2. The summed E-state index contributed by atoms with van der Waals surface area (Å²) in [7, 11) is 0. The van der Waals surface area contributed by atoms with Crippen molar-refractivity contribution in [3.63, 3.8) is 0 Å². The minimum Gasteiger partial charge on any atom is -0.192 e. The van der Waals surface area contributed by atoms with Gasteiger partial charge < -0.3 is 0 Å². The molecule has 2 aromatic rings. The predicted octanol–water partition coefficient (Wildman–Crippen LogP) is 3.78. The van der Waals surface area contributed by atoms with Gasteiger partial charge in [0.1, 0.15) is 10.9 Å². The number of nitrogens with zero attached hydrogens (tertiary/aromatic N) is 1. The van der Waals surface area contributed by atoms with Crippen molar-refractivity contribution in [3.05, 3.63) is 23.1 Å². The highest BCUT2D eigenvalue weighted by Gasteiger charge is 2.05. The number of fused-ring (bicyclic) bond motifs is 1. The molecule has 0 aliphatic carbocycles. The van der Waals surface area contributed by atoms with E-state index in [4.69, 9.17) is 5.26 Å². The Morgan fingerprint density at radius 2 is 2.21 bits per heavy atom. The maximum Gasteiger partial charge on any atom is 0.110 e. The van der Waals surface area contributed by atoms with Gasteiger partial charge in [-0.1, -0.05) is 0 Å². The predicted molar refractivity (Wildman–Crippen MR) is 65.6 cm³/mol. The highest BCUT2D eigenvalue weighted by Crippen LogP contribution is 2.34. The third kappa shape index (κ3) is 1.63. The van der Waals surface area contributed by atoms with Gasteiger partial charge >= 0.3 is 0 Å². The van der Waals surface area contributed by atoms with E-state index in [1.807, 2.05) is 18.4 Å². The molecule has 0 aliphatic heterocycles. The molecule has 0 saturated carbocycles. The average Bonchev–Trinajstić information content (AvgIpc) is 2.61. The fourth-order valence-corrected chi connectivity index (χ4v) is 3.10. The Hall–Kier alpha value is -0.630. The second-order valence-electron chi connectivity index (χ2n) is 2.79. The van der Waals surface area contributed by atoms with Gasteiger partial charge in [0.25, 0.3) is 0 Å². The Labute approximate surface area is 96.2 Å². The van der Waals surface area contributed by atoms with E-state index >= 15 is 0 Å². The Morgan fingerprint density at radius 3 is 2.86 bits per heavy atom. The van der Waals surface area contributed by atoms with Crippen molar-refractivity contribution in [1.29, 1.82) is 5.26 Å². The Kier molecular flexibility index (Phi) is 2.73. The molecule has 0 spiro atoms. The first-order valence-corrected chi connectivity index (χ1v) is 6.44. The molecule has 0 amide bonds. The maximum atomic E-state index is 8.79. The Balaban J connectivity index is 2.75. The number of nitriles is 1. The first-order chi connectivity index (χ1) is 6.74. The zero-order valence-electron chi connectivity index (χ0n) is 7.44. The molecule has 0 bridgehead atoms. The van der Waals surface area contributed by atoms with Gasteiger partial charge in [-0.15, -0.1) is 35.7 Å². The van der Waals surface area contributed by atoms with Crippen LogP contribution >= 0.6 is 35.7 Å². The molecule has 1 heterocycles. The molecule has 1 aromatic heterocycles. The van der Waals surface area contributed by atoms with E-state index in [2.05, 4.69) is 24.8 Å². The standard InChI is InChI=1S/C10H7NS3/c1-13-7-2-6-3-8(5-11)14-10(6)9(12)4-7/h2-4,12H,1H3. The van der Waals surface area contributed by atoms with Gasteiger partial charge in [-0.3, -0.25) is 0 Å². The fourth-order valence-electron chi connectivity index (χ4n) is 1.28. The summed E-state index contributed by atoms with van der Waals surface area (Å²) in [4.78, 5) is 2.89. The summed E-state index contributed by atoms with van der Waals surface area (Å²) in [5, 5.41) is 9.90. The molecular weight excluding hydrogens is 230 g/mol. The average molecular weight is 237 g/mol. The molecule has 0 fully saturated rings. The molecule has 0 aliphatic rings. The molecule has 2 rings (SSSR count). The van der Waals surface area contributed by atoms with Crippen LogP contribution in [0, 0.1) is 11.3 Å². The van der Waals surface area contributed by atoms with Gasteiger partial charge in [-0.25, -0.2) is 0 Å². The molecule has 70 valence electrons. The van der Waals surface area contributed by atoms with Crippen LogP contribution in [-0.2, 0) is 0 Å². The Bertz CT molecular complexity index is 522. The van der Waals surface area contributed by atoms with Crippen molar-refractivity contribution in [3.8, 4) is 6.07 Å². The summed E-state index contributed by atoms with van der Waals surface area (Å²) in [6, 6.07) is 8.20. The second kappa shape index (κ2) is 3.85. The molecule has 0 saturated heterocycles. The van der Waals surface area contributed by atoms with Crippen LogP contribution in [0.25, 0.3) is 10.1 Å². The van der Waals surface area contributed by atoms with Crippen LogP contribution in [0.3, 0.4) is 0 Å². The van der Waals surface area contributed by atoms with Crippen LogP contribution in [0.5, 0.6) is 0 Å². The lowest BCUT2D eigenvalue weighted by Crippen LogP contribution is -1.71. The Morgan fingerprint density at radius 1 is 1.43 bits per heavy atom. The van der Waals surface area contributed by atoms with Crippen LogP contribution in [0.1, 0.15) is 4.88 Å². The molecule has 0 radical (unpaired) electrons. The number of hydrogen-bond acceptors (Lipinski definition) is 4. The van der Waals surface area contributed by atoms with Crippen molar-refractivity contribution in [2.75, 3.05) is 6.26 Å². The first-order valence-electron chi connectivity index (χ1n) is 3.95. The van der Waals surface area contributed by atoms with E-state index in [9.17, 15) is 0 Å². The van der Waals surface area contributed by atoms with E-state index in [1.165, 1.54) is 16.2 Å². The molecular formula is C10H7NS3. The molecule has 4 heteroatoms. The van der Waals surface area contributed by atoms with Crippen molar-refractivity contribution in [1.82, 2.24) is 0 Å². The number of thiol groups is 1. The van der Waals surface area contributed by atoms with Crippen molar-refractivity contribution in [2.24, 2.45) is 0 Å². The van der Waals surface area contributed by atoms with Crippen LogP contribution in [-0.4, -0.2) is 6.26 Å². The quantitative estimate of drug-likeness (QED) is 0.602. The SMILES string of the molecule is CSc1cc(S)c2sc(C#N)cc2c1. The van der Waals surface area contributed by atoms with Crippen molar-refractivity contribution < 1.29 is 0 Å². The maximum absolute atomic E-state index is 8.79. The normalized spacial score (nSPS) is 10.4. The number of thioether (sulfide) groups is 1. The molecule has 0 N–H and O–H groups in total. The fraction of sp³-hybridized carbons (Fsp3) is 0.100. The second-order valence-corrected chi connectivity index (χ2v) is 5.20. The summed E-state index contributed by atoms with van der Waals surface area (Å²) in [5.41, 5.74) is 0. The van der Waals surface area contributed by atoms with Crippen molar-refractivity contribution in [2.45, 2.75) is 9.79 Å². The summed E-state index contributed by atoms with van der Waals surface area (Å²) in [6.45, 7) is 0. The van der Waals surface area contributed by atoms with E-state index in [-0.39, 0.29) is 0 Å². The summed E-state index contributed by atoms with van der Waals surface area (Å²) >= 11 is 7.60. The van der Waals surface area contributed by atoms with Crippen LogP contribution < -0.4 is 0 Å². The third-order valence-electron chi connectivity index (χ3n) is 1.92. The number of rotatable bonds is 1. The largest absolute Gasteiger partial charge is 0.192 e. The van der Waals surface area contributed by atoms with E-state index in [0.29, 0.717) is 0 Å². The molecule has 1 aromatic carbocycles. The van der Waals surface area contributed by atoms with Gasteiger partial charge in [-0.2, -0.15) is 5.26 Å². The van der Waals surface area contributed by atoms with Crippen molar-refractivity contribution >= 4 is 45.8 Å². The smallest absolute Gasteiger partial charge is 0.110 e. The molecule has 1 nitrogen and oxygen atoms in total. The monoisotopic (exact) mass is 237 g/mol. The van der Waals surface area contributed by atoms with Gasteiger partial charge in [0, 0.05) is 14.5 Å². The third-order valence-corrected chi connectivity index (χ3v) is 4.22. The summed E-state index contributed by atoms with van der Waals surface area (Å²) in [6.07, 6.45) is 2.03. The lowest BCUT2D eigenvalue weighted by molar-refractivity contribution is 1.42. The van der Waals surface area contributed by atoms with Crippen LogP contribution in [0.4, 0.5) is 0 Å². The van der Waals surface area contributed by atoms with Gasteiger partial charge in [0.05, 0.1) is 0 Å². The zero-order valence-corrected chi connectivity index (χ0v) is 9.97. The molecule has 0 atom stereocenters. The number of benzene rings is 1. The lowest BCUT2D eigenvalue weighted by Gasteiger charge is -1.98. The molecule has 0 unspecified atom stereocenters. The van der Waals surface area contributed by atoms with Gasteiger partial charge in [0.15, 0.2) is 0 Å².